The summed E-state index contributed by atoms with van der Waals surface area (Å²) in [6.07, 6.45) is 1.73. The van der Waals surface area contributed by atoms with Crippen LogP contribution in [-0.2, 0) is 14.8 Å². The van der Waals surface area contributed by atoms with E-state index in [1.165, 1.54) is 12.1 Å². The summed E-state index contributed by atoms with van der Waals surface area (Å²) in [6, 6.07) is 2.46. The Kier molecular flexibility index (Phi) is 7.23. The van der Waals surface area contributed by atoms with Crippen LogP contribution in [0.1, 0.15) is 25.7 Å². The van der Waals surface area contributed by atoms with Gasteiger partial charge < -0.3 is 5.11 Å². The van der Waals surface area contributed by atoms with Crippen LogP contribution in [0, 0.1) is 0 Å². The lowest BCUT2D eigenvalue weighted by molar-refractivity contribution is -0.137. The number of carboxylic acid groups (broad SMARTS) is 1. The molecule has 0 unspecified atom stereocenters. The fourth-order valence-electron chi connectivity index (χ4n) is 1.57. The van der Waals surface area contributed by atoms with Crippen LogP contribution in [0.5, 0.6) is 0 Å². The largest absolute Gasteiger partial charge is 0.481 e. The second-order valence-electron chi connectivity index (χ2n) is 4.30. The van der Waals surface area contributed by atoms with Crippen molar-refractivity contribution < 1.29 is 18.3 Å². The van der Waals surface area contributed by atoms with Crippen LogP contribution in [0.25, 0.3) is 0 Å². The number of hydrogen-bond donors (Lipinski definition) is 2. The Labute approximate surface area is 138 Å². The van der Waals surface area contributed by atoms with E-state index in [2.05, 4.69) is 4.72 Å². The van der Waals surface area contributed by atoms with Crippen molar-refractivity contribution >= 4 is 50.8 Å². The Bertz CT molecular complexity index is 619. The first-order valence-corrected chi connectivity index (χ1v) is 8.72. The highest BCUT2D eigenvalue weighted by Gasteiger charge is 2.19. The predicted molar refractivity (Wildman–Crippen MR) is 82.8 cm³/mol. The maximum atomic E-state index is 12.1. The minimum atomic E-state index is -3.78. The zero-order chi connectivity index (χ0) is 16.0. The summed E-state index contributed by atoms with van der Waals surface area (Å²) < 4.78 is 26.5. The average Bonchev–Trinajstić information content (AvgIpc) is 2.37. The molecule has 0 amide bonds. The van der Waals surface area contributed by atoms with Crippen molar-refractivity contribution in [3.63, 3.8) is 0 Å². The summed E-state index contributed by atoms with van der Waals surface area (Å²) in [7, 11) is -3.78. The molecule has 0 atom stereocenters. The van der Waals surface area contributed by atoms with Crippen LogP contribution in [0.15, 0.2) is 17.0 Å². The molecule has 9 heteroatoms. The molecule has 0 radical (unpaired) electrons. The molecule has 0 saturated carbocycles. The molecule has 1 aromatic carbocycles. The van der Waals surface area contributed by atoms with Gasteiger partial charge >= 0.3 is 5.97 Å². The number of hydrogen-bond acceptors (Lipinski definition) is 3. The number of sulfonamides is 1. The lowest BCUT2D eigenvalue weighted by atomic mass is 10.2. The van der Waals surface area contributed by atoms with Crippen molar-refractivity contribution in [3.8, 4) is 0 Å². The van der Waals surface area contributed by atoms with Crippen LogP contribution < -0.4 is 4.72 Å². The summed E-state index contributed by atoms with van der Waals surface area (Å²) >= 11 is 17.4. The molecule has 118 valence electrons. The predicted octanol–water partition coefficient (Wildman–Crippen LogP) is 3.57. The van der Waals surface area contributed by atoms with E-state index in [-0.39, 0.29) is 32.9 Å². The third-order valence-corrected chi connectivity index (χ3v) is 5.27. The van der Waals surface area contributed by atoms with Crippen LogP contribution in [0.4, 0.5) is 0 Å². The van der Waals surface area contributed by atoms with E-state index in [1.54, 1.807) is 0 Å². The van der Waals surface area contributed by atoms with Crippen LogP contribution in [0.3, 0.4) is 0 Å². The molecule has 0 heterocycles. The highest BCUT2D eigenvalue weighted by atomic mass is 35.5. The number of carboxylic acids is 1. The van der Waals surface area contributed by atoms with Crippen molar-refractivity contribution in [2.45, 2.75) is 30.6 Å². The number of unbranched alkanes of at least 4 members (excludes halogenated alkanes) is 2. The minimum absolute atomic E-state index is 0.0113. The zero-order valence-electron chi connectivity index (χ0n) is 10.9. The van der Waals surface area contributed by atoms with Gasteiger partial charge in [-0.15, -0.1) is 0 Å². The molecule has 5 nitrogen and oxygen atoms in total. The average molecular weight is 375 g/mol. The summed E-state index contributed by atoms with van der Waals surface area (Å²) in [4.78, 5) is 10.2. The maximum absolute atomic E-state index is 12.1. The maximum Gasteiger partial charge on any atom is 0.303 e. The smallest absolute Gasteiger partial charge is 0.303 e. The molecule has 0 spiro atoms. The Morgan fingerprint density at radius 3 is 2.29 bits per heavy atom. The summed E-state index contributed by atoms with van der Waals surface area (Å²) in [6.45, 7) is 0.193. The van der Waals surface area contributed by atoms with E-state index < -0.39 is 16.0 Å². The molecular weight excluding hydrogens is 361 g/mol. The number of carbonyl (C=O) groups is 1. The molecule has 0 aliphatic heterocycles. The van der Waals surface area contributed by atoms with Crippen molar-refractivity contribution in [1.82, 2.24) is 4.72 Å². The highest BCUT2D eigenvalue weighted by Crippen LogP contribution is 2.31. The van der Waals surface area contributed by atoms with E-state index in [4.69, 9.17) is 39.9 Å². The molecule has 0 aliphatic carbocycles. The fraction of sp³-hybridized carbons (Fsp3) is 0.417. The molecule has 1 aromatic rings. The third-order valence-electron chi connectivity index (χ3n) is 2.62. The molecule has 0 fully saturated rings. The van der Waals surface area contributed by atoms with Gasteiger partial charge in [0.25, 0.3) is 0 Å². The molecule has 1 rings (SSSR count). The van der Waals surface area contributed by atoms with Gasteiger partial charge in [0.1, 0.15) is 4.90 Å². The lowest BCUT2D eigenvalue weighted by Crippen LogP contribution is -2.25. The van der Waals surface area contributed by atoms with Crippen LogP contribution >= 0.6 is 34.8 Å². The summed E-state index contributed by atoms with van der Waals surface area (Å²) in [5.74, 6) is -0.863. The SMILES string of the molecule is O=C(O)CCCCCNS(=O)(=O)c1cc(Cl)c(Cl)cc1Cl. The Morgan fingerprint density at radius 2 is 1.67 bits per heavy atom. The Balaban J connectivity index is 2.58. The van der Waals surface area contributed by atoms with Gasteiger partial charge in [-0.2, -0.15) is 0 Å². The van der Waals surface area contributed by atoms with Crippen molar-refractivity contribution in [1.29, 1.82) is 0 Å². The highest BCUT2D eigenvalue weighted by molar-refractivity contribution is 7.89. The first-order chi connectivity index (χ1) is 9.74. The molecular formula is C12H14Cl3NO4S. The van der Waals surface area contributed by atoms with E-state index >= 15 is 0 Å². The van der Waals surface area contributed by atoms with Gasteiger partial charge in [0.05, 0.1) is 15.1 Å². The van der Waals surface area contributed by atoms with E-state index in [0.717, 1.165) is 0 Å². The van der Waals surface area contributed by atoms with E-state index in [0.29, 0.717) is 19.3 Å². The number of halogens is 3. The van der Waals surface area contributed by atoms with Crippen molar-refractivity contribution in [2.75, 3.05) is 6.54 Å². The first-order valence-electron chi connectivity index (χ1n) is 6.10. The zero-order valence-corrected chi connectivity index (χ0v) is 14.0. The van der Waals surface area contributed by atoms with Gasteiger partial charge in [-0.1, -0.05) is 41.2 Å². The fourth-order valence-corrected chi connectivity index (χ4v) is 3.65. The van der Waals surface area contributed by atoms with Crippen LogP contribution in [-0.4, -0.2) is 26.0 Å². The lowest BCUT2D eigenvalue weighted by Gasteiger charge is -2.09. The van der Waals surface area contributed by atoms with Crippen molar-refractivity contribution in [2.24, 2.45) is 0 Å². The standard InChI is InChI=1S/C12H14Cl3NO4S/c13-8-6-10(15)11(7-9(8)14)21(19,20)16-5-3-1-2-4-12(17)18/h6-7,16H,1-5H2,(H,17,18). The molecule has 21 heavy (non-hydrogen) atoms. The Morgan fingerprint density at radius 1 is 1.05 bits per heavy atom. The van der Waals surface area contributed by atoms with Gasteiger partial charge in [-0.3, -0.25) is 4.79 Å². The topological polar surface area (TPSA) is 83.5 Å². The normalized spacial score (nSPS) is 11.6. The number of aliphatic carboxylic acids is 1. The minimum Gasteiger partial charge on any atom is -0.481 e. The van der Waals surface area contributed by atoms with Gasteiger partial charge in [0.2, 0.25) is 10.0 Å². The summed E-state index contributed by atoms with van der Waals surface area (Å²) in [5.41, 5.74) is 0. The Hall–Kier alpha value is -0.530. The second kappa shape index (κ2) is 8.19. The van der Waals surface area contributed by atoms with Crippen LogP contribution in [0.2, 0.25) is 15.1 Å². The molecule has 0 saturated heterocycles. The van der Waals surface area contributed by atoms with Crippen molar-refractivity contribution in [3.05, 3.63) is 27.2 Å². The molecule has 0 aliphatic rings. The number of nitrogens with one attached hydrogen (secondary N) is 1. The quantitative estimate of drug-likeness (QED) is 0.538. The van der Waals surface area contributed by atoms with Gasteiger partial charge in [0, 0.05) is 13.0 Å². The second-order valence-corrected chi connectivity index (χ2v) is 7.26. The molecule has 0 aromatic heterocycles. The summed E-state index contributed by atoms with van der Waals surface area (Å²) in [5, 5.41) is 8.74. The molecule has 0 bridgehead atoms. The van der Waals surface area contributed by atoms with Gasteiger partial charge in [-0.05, 0) is 25.0 Å². The van der Waals surface area contributed by atoms with E-state index in [9.17, 15) is 13.2 Å². The van der Waals surface area contributed by atoms with E-state index in [1.807, 2.05) is 0 Å². The first kappa shape index (κ1) is 18.5. The number of benzene rings is 1. The van der Waals surface area contributed by atoms with Gasteiger partial charge in [0.15, 0.2) is 0 Å². The monoisotopic (exact) mass is 373 g/mol. The number of rotatable bonds is 8. The third kappa shape index (κ3) is 6.00. The van der Waals surface area contributed by atoms with Gasteiger partial charge in [-0.25, -0.2) is 13.1 Å². The molecule has 2 N–H and O–H groups in total.